The van der Waals surface area contributed by atoms with E-state index in [-0.39, 0.29) is 0 Å². The molecule has 0 spiro atoms. The van der Waals surface area contributed by atoms with Gasteiger partial charge in [0.25, 0.3) is 0 Å². The Hall–Kier alpha value is -1.56. The van der Waals surface area contributed by atoms with Crippen LogP contribution in [0.5, 0.6) is 0 Å². The Kier molecular flexibility index (Phi) is 2.97. The van der Waals surface area contributed by atoms with Crippen molar-refractivity contribution in [3.63, 3.8) is 0 Å². The van der Waals surface area contributed by atoms with Crippen molar-refractivity contribution in [3.05, 3.63) is 34.2 Å². The molecule has 0 aromatic carbocycles. The van der Waals surface area contributed by atoms with Crippen LogP contribution in [0, 0.1) is 0 Å². The fourth-order valence-electron chi connectivity index (χ4n) is 2.17. The maximum Gasteiger partial charge on any atom is 0.405 e. The molecule has 1 amide bonds. The predicted molar refractivity (Wildman–Crippen MR) is 74.0 cm³/mol. The van der Waals surface area contributed by atoms with Gasteiger partial charge in [-0.15, -0.1) is 0 Å². The molecule has 0 aliphatic heterocycles. The van der Waals surface area contributed by atoms with Gasteiger partial charge in [0.15, 0.2) is 5.65 Å². The number of carbonyl (C=O) groups excluding carboxylic acids is 1. The number of imidazole rings is 1. The van der Waals surface area contributed by atoms with Crippen LogP contribution in [0.2, 0.25) is 0 Å². The van der Waals surface area contributed by atoms with Gasteiger partial charge in [0, 0.05) is 12.4 Å². The third-order valence-electron chi connectivity index (χ3n) is 3.30. The molecule has 0 bridgehead atoms. The summed E-state index contributed by atoms with van der Waals surface area (Å²) in [5, 5.41) is 0. The van der Waals surface area contributed by atoms with E-state index in [4.69, 9.17) is 10.5 Å². The zero-order valence-corrected chi connectivity index (χ0v) is 12.1. The fraction of sp³-hybridized carbons (Fsp3) is 0.385. The molecule has 19 heavy (non-hydrogen) atoms. The van der Waals surface area contributed by atoms with Gasteiger partial charge >= 0.3 is 6.09 Å². The minimum Gasteiger partial charge on any atom is -0.440 e. The summed E-state index contributed by atoms with van der Waals surface area (Å²) in [5.74, 6) is 0.672. The Labute approximate surface area is 118 Å². The third kappa shape index (κ3) is 2.45. The van der Waals surface area contributed by atoms with Crippen molar-refractivity contribution >= 4 is 27.7 Å². The van der Waals surface area contributed by atoms with Gasteiger partial charge in [-0.3, -0.25) is 0 Å². The molecule has 6 heteroatoms. The summed E-state index contributed by atoms with van der Waals surface area (Å²) < 4.78 is 7.86. The van der Waals surface area contributed by atoms with Crippen LogP contribution in [0.3, 0.4) is 0 Å². The highest BCUT2D eigenvalue weighted by Crippen LogP contribution is 2.41. The molecule has 2 aromatic rings. The van der Waals surface area contributed by atoms with E-state index in [1.807, 2.05) is 10.6 Å². The topological polar surface area (TPSA) is 69.6 Å². The van der Waals surface area contributed by atoms with Crippen molar-refractivity contribution in [2.75, 3.05) is 0 Å². The van der Waals surface area contributed by atoms with Crippen molar-refractivity contribution in [1.29, 1.82) is 0 Å². The van der Waals surface area contributed by atoms with Crippen LogP contribution < -0.4 is 5.73 Å². The summed E-state index contributed by atoms with van der Waals surface area (Å²) in [4.78, 5) is 15.2. The Morgan fingerprint density at radius 1 is 1.58 bits per heavy atom. The summed E-state index contributed by atoms with van der Waals surface area (Å²) in [6.07, 6.45) is 5.22. The van der Waals surface area contributed by atoms with Gasteiger partial charge in [-0.2, -0.15) is 0 Å². The number of aromatic nitrogens is 2. The Morgan fingerprint density at radius 2 is 2.32 bits per heavy atom. The van der Waals surface area contributed by atoms with E-state index >= 15 is 0 Å². The van der Waals surface area contributed by atoms with Crippen LogP contribution in [0.15, 0.2) is 22.9 Å². The summed E-state index contributed by atoms with van der Waals surface area (Å²) in [7, 11) is 0. The van der Waals surface area contributed by atoms with Crippen molar-refractivity contribution in [2.24, 2.45) is 5.73 Å². The van der Waals surface area contributed by atoms with Gasteiger partial charge in [-0.05, 0) is 53.2 Å². The van der Waals surface area contributed by atoms with E-state index in [0.717, 1.165) is 10.1 Å². The van der Waals surface area contributed by atoms with E-state index in [0.29, 0.717) is 11.6 Å². The molecule has 1 fully saturated rings. The van der Waals surface area contributed by atoms with E-state index in [1.165, 1.54) is 18.4 Å². The maximum absolute atomic E-state index is 10.8. The lowest BCUT2D eigenvalue weighted by atomic mass is 10.2. The lowest BCUT2D eigenvalue weighted by molar-refractivity contribution is 0.114. The third-order valence-corrected chi connectivity index (χ3v) is 3.89. The molecule has 1 saturated carbocycles. The number of primary amides is 1. The summed E-state index contributed by atoms with van der Waals surface area (Å²) in [6, 6.07) is 2.11. The second-order valence-electron chi connectivity index (χ2n) is 4.87. The number of carbonyl (C=O) groups is 1. The minimum atomic E-state index is -0.790. The molecular formula is C13H14BrN3O2. The highest BCUT2D eigenvalue weighted by Gasteiger charge is 2.25. The minimum absolute atomic E-state index is 0.450. The first-order chi connectivity index (χ1) is 9.04. The lowest BCUT2D eigenvalue weighted by Gasteiger charge is -2.06. The van der Waals surface area contributed by atoms with Crippen molar-refractivity contribution in [3.8, 4) is 0 Å². The molecule has 1 atom stereocenters. The Bertz CT molecular complexity index is 649. The molecule has 5 nitrogen and oxygen atoms in total. The lowest BCUT2D eigenvalue weighted by Crippen LogP contribution is -2.15. The average Bonchev–Trinajstić information content (AvgIpc) is 3.08. The molecule has 1 aliphatic rings. The van der Waals surface area contributed by atoms with Gasteiger partial charge in [0.2, 0.25) is 0 Å². The van der Waals surface area contributed by atoms with Crippen molar-refractivity contribution < 1.29 is 9.53 Å². The number of hydrogen-bond donors (Lipinski definition) is 1. The number of pyridine rings is 1. The number of hydrogen-bond acceptors (Lipinski definition) is 3. The molecule has 2 heterocycles. The van der Waals surface area contributed by atoms with Gasteiger partial charge in [-0.1, -0.05) is 0 Å². The largest absolute Gasteiger partial charge is 0.440 e. The van der Waals surface area contributed by atoms with Gasteiger partial charge < -0.3 is 14.9 Å². The molecular weight excluding hydrogens is 310 g/mol. The number of nitrogens with zero attached hydrogens (tertiary/aromatic N) is 2. The van der Waals surface area contributed by atoms with Crippen LogP contribution in [0.25, 0.3) is 5.65 Å². The van der Waals surface area contributed by atoms with Crippen LogP contribution in [-0.4, -0.2) is 15.5 Å². The normalized spacial score (nSPS) is 16.5. The quantitative estimate of drug-likeness (QED) is 0.943. The van der Waals surface area contributed by atoms with E-state index in [9.17, 15) is 4.79 Å². The Morgan fingerprint density at radius 3 is 2.95 bits per heavy atom. The molecule has 2 aromatic heterocycles. The first kappa shape index (κ1) is 12.5. The summed E-state index contributed by atoms with van der Waals surface area (Å²) >= 11 is 3.54. The van der Waals surface area contributed by atoms with Gasteiger partial charge in [0.05, 0.1) is 10.2 Å². The number of ether oxygens (including phenoxy) is 1. The number of fused-ring (bicyclic) bond motifs is 1. The molecule has 100 valence electrons. The SMILES string of the molecule is CC(OC(N)=O)c1cn2cc(C3CC3)cc(Br)c2n1. The summed E-state index contributed by atoms with van der Waals surface area (Å²) in [6.45, 7) is 1.75. The zero-order valence-electron chi connectivity index (χ0n) is 10.5. The van der Waals surface area contributed by atoms with Gasteiger partial charge in [0.1, 0.15) is 6.10 Å². The summed E-state index contributed by atoms with van der Waals surface area (Å²) in [5.41, 5.74) is 7.84. The van der Waals surface area contributed by atoms with Crippen LogP contribution in [-0.2, 0) is 4.74 Å². The van der Waals surface area contributed by atoms with E-state index in [2.05, 4.69) is 33.2 Å². The number of amides is 1. The second kappa shape index (κ2) is 4.52. The predicted octanol–water partition coefficient (Wildman–Crippen LogP) is 3.13. The van der Waals surface area contributed by atoms with Crippen LogP contribution >= 0.6 is 15.9 Å². The number of nitrogens with two attached hydrogens (primary N) is 1. The first-order valence-corrected chi connectivity index (χ1v) is 6.98. The van der Waals surface area contributed by atoms with Gasteiger partial charge in [-0.25, -0.2) is 9.78 Å². The second-order valence-corrected chi connectivity index (χ2v) is 5.73. The van der Waals surface area contributed by atoms with Crippen molar-refractivity contribution in [2.45, 2.75) is 31.8 Å². The molecule has 0 saturated heterocycles. The Balaban J connectivity index is 1.99. The number of halogens is 1. The standard InChI is InChI=1S/C13H14BrN3O2/c1-7(19-13(15)18)11-6-17-5-9(8-2-3-8)4-10(14)12(17)16-11/h4-8H,2-3H2,1H3,(H2,15,18). The number of rotatable bonds is 3. The van der Waals surface area contributed by atoms with Crippen LogP contribution in [0.4, 0.5) is 4.79 Å². The van der Waals surface area contributed by atoms with E-state index in [1.54, 1.807) is 6.92 Å². The zero-order chi connectivity index (χ0) is 13.6. The highest BCUT2D eigenvalue weighted by atomic mass is 79.9. The fourth-order valence-corrected chi connectivity index (χ4v) is 2.72. The molecule has 1 aliphatic carbocycles. The molecule has 3 rings (SSSR count). The molecule has 2 N–H and O–H groups in total. The molecule has 0 radical (unpaired) electrons. The van der Waals surface area contributed by atoms with E-state index < -0.39 is 12.2 Å². The molecule has 1 unspecified atom stereocenters. The van der Waals surface area contributed by atoms with Crippen molar-refractivity contribution in [1.82, 2.24) is 9.38 Å². The average molecular weight is 324 g/mol. The maximum atomic E-state index is 10.8. The monoisotopic (exact) mass is 323 g/mol. The smallest absolute Gasteiger partial charge is 0.405 e. The highest BCUT2D eigenvalue weighted by molar-refractivity contribution is 9.10. The van der Waals surface area contributed by atoms with Crippen LogP contribution in [0.1, 0.15) is 43.0 Å². The first-order valence-electron chi connectivity index (χ1n) is 6.18.